The molecule has 1 heterocycles. The Kier molecular flexibility index (Phi) is 6.59. The zero-order valence-electron chi connectivity index (χ0n) is 18.7. The molecule has 2 aromatic carbocycles. The van der Waals surface area contributed by atoms with Gasteiger partial charge in [0.2, 0.25) is 5.91 Å². The number of hydrogen-bond donors (Lipinski definition) is 1. The molecule has 0 atom stereocenters. The number of methoxy groups -OCH3 is 1. The van der Waals surface area contributed by atoms with Crippen molar-refractivity contribution in [3.63, 3.8) is 0 Å². The molecule has 0 radical (unpaired) electrons. The van der Waals surface area contributed by atoms with Crippen LogP contribution in [0.1, 0.15) is 38.1 Å². The molecule has 0 saturated carbocycles. The predicted octanol–water partition coefficient (Wildman–Crippen LogP) is 4.29. The molecule has 6 nitrogen and oxygen atoms in total. The lowest BCUT2D eigenvalue weighted by atomic mass is 10.0. The number of fused-ring (bicyclic) bond motifs is 1. The molecule has 31 heavy (non-hydrogen) atoms. The van der Waals surface area contributed by atoms with E-state index in [4.69, 9.17) is 9.72 Å². The lowest BCUT2D eigenvalue weighted by Gasteiger charge is -2.25. The summed E-state index contributed by atoms with van der Waals surface area (Å²) in [6, 6.07) is 16.9. The van der Waals surface area contributed by atoms with Crippen molar-refractivity contribution in [3.8, 4) is 17.0 Å². The molecular formula is C25H29N3O3. The number of aromatic nitrogens is 1. The van der Waals surface area contributed by atoms with Crippen LogP contribution in [0.25, 0.3) is 22.2 Å². The number of likely N-dealkylation sites (N-methyl/N-ethyl adjacent to an activating group) is 1. The van der Waals surface area contributed by atoms with Crippen LogP contribution in [0.4, 0.5) is 0 Å². The first-order valence-electron chi connectivity index (χ1n) is 10.4. The Hall–Kier alpha value is -3.41. The number of nitrogens with one attached hydrogen (secondary N) is 1. The number of hydrogen-bond acceptors (Lipinski definition) is 4. The summed E-state index contributed by atoms with van der Waals surface area (Å²) in [5, 5.41) is 3.68. The standard InChI is InChI=1S/C25H29N3O3/c1-6-28(16-23(29)27-25(2,3)4)24(30)20-15-22(17-11-13-18(31-5)14-12-17)26-21-10-8-7-9-19(20)21/h7-15H,6,16H2,1-5H3,(H,27,29). The lowest BCUT2D eigenvalue weighted by molar-refractivity contribution is -0.123. The average Bonchev–Trinajstić information content (AvgIpc) is 2.75. The Morgan fingerprint density at radius 3 is 2.35 bits per heavy atom. The quantitative estimate of drug-likeness (QED) is 0.647. The van der Waals surface area contributed by atoms with Crippen molar-refractivity contribution < 1.29 is 14.3 Å². The third-order valence-electron chi connectivity index (χ3n) is 4.85. The van der Waals surface area contributed by atoms with E-state index in [1.807, 2.05) is 76.2 Å². The molecule has 6 heteroatoms. The van der Waals surface area contributed by atoms with Gasteiger partial charge in [0.15, 0.2) is 0 Å². The molecule has 3 aromatic rings. The van der Waals surface area contributed by atoms with Gasteiger partial charge in [-0.1, -0.05) is 18.2 Å². The van der Waals surface area contributed by atoms with Crippen LogP contribution in [0.3, 0.4) is 0 Å². The summed E-state index contributed by atoms with van der Waals surface area (Å²) in [6.07, 6.45) is 0. The maximum absolute atomic E-state index is 13.5. The van der Waals surface area contributed by atoms with E-state index in [0.717, 1.165) is 22.2 Å². The van der Waals surface area contributed by atoms with Gasteiger partial charge in [-0.25, -0.2) is 4.98 Å². The normalized spacial score (nSPS) is 11.3. The highest BCUT2D eigenvalue weighted by molar-refractivity contribution is 6.08. The Bertz CT molecular complexity index is 1090. The Morgan fingerprint density at radius 1 is 1.06 bits per heavy atom. The Morgan fingerprint density at radius 2 is 1.74 bits per heavy atom. The van der Waals surface area contributed by atoms with Crippen molar-refractivity contribution in [2.75, 3.05) is 20.2 Å². The van der Waals surface area contributed by atoms with Crippen molar-refractivity contribution in [2.24, 2.45) is 0 Å². The number of para-hydroxylation sites is 1. The molecule has 1 N–H and O–H groups in total. The Balaban J connectivity index is 2.00. The van der Waals surface area contributed by atoms with Crippen LogP contribution in [0, 0.1) is 0 Å². The van der Waals surface area contributed by atoms with E-state index in [-0.39, 0.29) is 23.9 Å². The van der Waals surface area contributed by atoms with Gasteiger partial charge in [0.05, 0.1) is 30.4 Å². The van der Waals surface area contributed by atoms with Gasteiger partial charge in [-0.05, 0) is 64.1 Å². The highest BCUT2D eigenvalue weighted by Gasteiger charge is 2.23. The van der Waals surface area contributed by atoms with E-state index in [1.165, 1.54) is 0 Å². The smallest absolute Gasteiger partial charge is 0.255 e. The number of amides is 2. The number of ether oxygens (including phenoxy) is 1. The van der Waals surface area contributed by atoms with Gasteiger partial charge >= 0.3 is 0 Å². The van der Waals surface area contributed by atoms with Gasteiger partial charge in [0.1, 0.15) is 5.75 Å². The Labute approximate surface area is 183 Å². The second-order valence-corrected chi connectivity index (χ2v) is 8.42. The summed E-state index contributed by atoms with van der Waals surface area (Å²) in [7, 11) is 1.62. The van der Waals surface area contributed by atoms with E-state index in [0.29, 0.717) is 17.8 Å². The average molecular weight is 420 g/mol. The molecule has 0 unspecified atom stereocenters. The third kappa shape index (κ3) is 5.40. The predicted molar refractivity (Wildman–Crippen MR) is 123 cm³/mol. The van der Waals surface area contributed by atoms with Gasteiger partial charge in [-0.3, -0.25) is 9.59 Å². The molecule has 0 aliphatic heterocycles. The van der Waals surface area contributed by atoms with E-state index in [1.54, 1.807) is 18.1 Å². The number of nitrogens with zero attached hydrogens (tertiary/aromatic N) is 2. The van der Waals surface area contributed by atoms with Crippen LogP contribution in [0.5, 0.6) is 5.75 Å². The van der Waals surface area contributed by atoms with E-state index < -0.39 is 0 Å². The molecule has 162 valence electrons. The fourth-order valence-corrected chi connectivity index (χ4v) is 3.39. The molecular weight excluding hydrogens is 390 g/mol. The first-order chi connectivity index (χ1) is 14.7. The molecule has 0 aliphatic carbocycles. The van der Waals surface area contributed by atoms with Crippen LogP contribution in [0.15, 0.2) is 54.6 Å². The van der Waals surface area contributed by atoms with Crippen LogP contribution >= 0.6 is 0 Å². The maximum atomic E-state index is 13.5. The van der Waals surface area contributed by atoms with Crippen LogP contribution < -0.4 is 10.1 Å². The fraction of sp³-hybridized carbons (Fsp3) is 0.320. The van der Waals surface area contributed by atoms with Crippen molar-refractivity contribution in [2.45, 2.75) is 33.2 Å². The number of pyridine rings is 1. The van der Waals surface area contributed by atoms with Gasteiger partial charge < -0.3 is 15.0 Å². The van der Waals surface area contributed by atoms with Gasteiger partial charge in [-0.2, -0.15) is 0 Å². The first-order valence-corrected chi connectivity index (χ1v) is 10.4. The molecule has 3 rings (SSSR count). The summed E-state index contributed by atoms with van der Waals surface area (Å²) in [6.45, 7) is 8.05. The largest absolute Gasteiger partial charge is 0.497 e. The van der Waals surface area contributed by atoms with Crippen molar-refractivity contribution in [1.82, 2.24) is 15.2 Å². The number of carbonyl (C=O) groups excluding carboxylic acids is 2. The minimum Gasteiger partial charge on any atom is -0.497 e. The summed E-state index contributed by atoms with van der Waals surface area (Å²) < 4.78 is 5.24. The van der Waals surface area contributed by atoms with Gasteiger partial charge in [0.25, 0.3) is 5.91 Å². The molecule has 0 spiro atoms. The lowest BCUT2D eigenvalue weighted by Crippen LogP contribution is -2.47. The number of benzene rings is 2. The highest BCUT2D eigenvalue weighted by atomic mass is 16.5. The maximum Gasteiger partial charge on any atom is 0.255 e. The summed E-state index contributed by atoms with van der Waals surface area (Å²) in [5.41, 5.74) is 2.48. The van der Waals surface area contributed by atoms with Crippen LogP contribution in [-0.2, 0) is 4.79 Å². The molecule has 1 aromatic heterocycles. The molecule has 0 fully saturated rings. The monoisotopic (exact) mass is 419 g/mol. The minimum absolute atomic E-state index is 0.00111. The summed E-state index contributed by atoms with van der Waals surface area (Å²) >= 11 is 0. The third-order valence-corrected chi connectivity index (χ3v) is 4.85. The van der Waals surface area contributed by atoms with E-state index >= 15 is 0 Å². The first kappa shape index (κ1) is 22.3. The second-order valence-electron chi connectivity index (χ2n) is 8.42. The van der Waals surface area contributed by atoms with Crippen molar-refractivity contribution in [1.29, 1.82) is 0 Å². The summed E-state index contributed by atoms with van der Waals surface area (Å²) in [4.78, 5) is 32.2. The fourth-order valence-electron chi connectivity index (χ4n) is 3.39. The van der Waals surface area contributed by atoms with Gasteiger partial charge in [0, 0.05) is 23.0 Å². The number of rotatable bonds is 6. The SMILES string of the molecule is CCN(CC(=O)NC(C)(C)C)C(=O)c1cc(-c2ccc(OC)cc2)nc2ccccc12. The summed E-state index contributed by atoms with van der Waals surface area (Å²) in [5.74, 6) is 0.374. The molecule has 0 aliphatic rings. The minimum atomic E-state index is -0.357. The van der Waals surface area contributed by atoms with Crippen molar-refractivity contribution >= 4 is 22.7 Å². The second kappa shape index (κ2) is 9.16. The molecule has 0 bridgehead atoms. The van der Waals surface area contributed by atoms with E-state index in [9.17, 15) is 9.59 Å². The molecule has 0 saturated heterocycles. The van der Waals surface area contributed by atoms with Crippen molar-refractivity contribution in [3.05, 3.63) is 60.2 Å². The zero-order valence-corrected chi connectivity index (χ0v) is 18.7. The van der Waals surface area contributed by atoms with Gasteiger partial charge in [-0.15, -0.1) is 0 Å². The zero-order chi connectivity index (χ0) is 22.6. The highest BCUT2D eigenvalue weighted by Crippen LogP contribution is 2.27. The number of carbonyl (C=O) groups is 2. The topological polar surface area (TPSA) is 71.5 Å². The van der Waals surface area contributed by atoms with E-state index in [2.05, 4.69) is 5.32 Å². The molecule has 2 amide bonds. The van der Waals surface area contributed by atoms with Crippen LogP contribution in [-0.4, -0.2) is 47.4 Å². The van der Waals surface area contributed by atoms with Crippen LogP contribution in [0.2, 0.25) is 0 Å².